The monoisotopic (exact) mass is 333 g/mol. The number of aromatic nitrogens is 3. The van der Waals surface area contributed by atoms with Gasteiger partial charge in [-0.05, 0) is 47.4 Å². The van der Waals surface area contributed by atoms with E-state index in [1.165, 1.54) is 11.5 Å². The molecule has 0 unspecified atom stereocenters. The molecule has 0 atom stereocenters. The Bertz CT molecular complexity index is 985. The van der Waals surface area contributed by atoms with Gasteiger partial charge < -0.3 is 10.5 Å². The number of nitrogens with zero attached hydrogens (tertiary/aromatic N) is 3. The largest absolute Gasteiger partial charge is 0.488 e. The van der Waals surface area contributed by atoms with Crippen molar-refractivity contribution in [2.75, 3.05) is 5.73 Å². The molecule has 117 valence electrons. The molecule has 0 aliphatic carbocycles. The molecule has 0 spiro atoms. The van der Waals surface area contributed by atoms with E-state index in [9.17, 15) is 0 Å². The van der Waals surface area contributed by atoms with Crippen LogP contribution < -0.4 is 10.5 Å². The molecule has 0 fully saturated rings. The number of hydrogen-bond donors (Lipinski definition) is 1. The van der Waals surface area contributed by atoms with Gasteiger partial charge in [0.2, 0.25) is 0 Å². The summed E-state index contributed by atoms with van der Waals surface area (Å²) in [5.41, 5.74) is 10.3. The van der Waals surface area contributed by atoms with Gasteiger partial charge in [0, 0.05) is 28.1 Å². The highest BCUT2D eigenvalue weighted by atomic mass is 32.1. The first-order valence-corrected chi connectivity index (χ1v) is 8.17. The predicted molar refractivity (Wildman–Crippen MR) is 94.7 cm³/mol. The van der Waals surface area contributed by atoms with Crippen molar-refractivity contribution in [3.05, 3.63) is 65.8 Å². The smallest absolute Gasteiger partial charge is 0.127 e. The van der Waals surface area contributed by atoms with E-state index in [1.807, 2.05) is 48.0 Å². The average Bonchev–Trinajstić information content (AvgIpc) is 3.14. The zero-order valence-corrected chi connectivity index (χ0v) is 13.5. The van der Waals surface area contributed by atoms with E-state index in [1.54, 1.807) is 6.20 Å². The molecular weight excluding hydrogens is 320 g/mol. The van der Waals surface area contributed by atoms with Crippen molar-refractivity contribution < 1.29 is 4.74 Å². The van der Waals surface area contributed by atoms with Crippen molar-refractivity contribution in [1.82, 2.24) is 14.6 Å². The van der Waals surface area contributed by atoms with Gasteiger partial charge in [-0.2, -0.15) is 10.2 Å². The van der Waals surface area contributed by atoms with Gasteiger partial charge in [0.15, 0.2) is 0 Å². The minimum atomic E-state index is 0.480. The van der Waals surface area contributed by atoms with Crippen molar-refractivity contribution in [2.45, 2.75) is 6.61 Å². The zero-order valence-electron chi connectivity index (χ0n) is 12.6. The number of anilines is 1. The standard InChI is InChI=1S/C18H13N4OS/c19-16-9-20-22-17-7-13(5-6-15(16)17)14-3-1-2-4-18(14)23-10-12-8-21-24-11-12/h2-9,11H,10H2,(H2,19,22). The van der Waals surface area contributed by atoms with Crippen molar-refractivity contribution in [3.63, 3.8) is 0 Å². The second kappa shape index (κ2) is 6.25. The highest BCUT2D eigenvalue weighted by Gasteiger charge is 2.09. The lowest BCUT2D eigenvalue weighted by Gasteiger charge is -2.11. The Kier molecular flexibility index (Phi) is 3.80. The summed E-state index contributed by atoms with van der Waals surface area (Å²) in [7, 11) is 0. The molecule has 5 nitrogen and oxygen atoms in total. The normalized spacial score (nSPS) is 10.8. The van der Waals surface area contributed by atoms with E-state index in [-0.39, 0.29) is 0 Å². The molecule has 6 heteroatoms. The lowest BCUT2D eigenvalue weighted by molar-refractivity contribution is 0.308. The fourth-order valence-corrected chi connectivity index (χ4v) is 3.00. The minimum absolute atomic E-state index is 0.480. The lowest BCUT2D eigenvalue weighted by atomic mass is 10.0. The quantitative estimate of drug-likeness (QED) is 0.616. The van der Waals surface area contributed by atoms with E-state index < -0.39 is 0 Å². The molecule has 24 heavy (non-hydrogen) atoms. The van der Waals surface area contributed by atoms with Gasteiger partial charge in [0.1, 0.15) is 12.4 Å². The first-order chi connectivity index (χ1) is 11.8. The molecule has 0 saturated carbocycles. The Morgan fingerprint density at radius 3 is 3.04 bits per heavy atom. The van der Waals surface area contributed by atoms with Crippen LogP contribution in [0.15, 0.2) is 54.2 Å². The van der Waals surface area contributed by atoms with Crippen LogP contribution in [0.3, 0.4) is 0 Å². The van der Waals surface area contributed by atoms with Crippen molar-refractivity contribution in [1.29, 1.82) is 0 Å². The van der Waals surface area contributed by atoms with Crippen molar-refractivity contribution in [2.24, 2.45) is 0 Å². The predicted octanol–water partition coefficient (Wildman–Crippen LogP) is 3.71. The maximum Gasteiger partial charge on any atom is 0.127 e. The maximum absolute atomic E-state index is 5.96. The van der Waals surface area contributed by atoms with E-state index in [0.717, 1.165) is 33.3 Å². The Hall–Kier alpha value is -2.99. The van der Waals surface area contributed by atoms with Gasteiger partial charge in [-0.1, -0.05) is 12.1 Å². The molecule has 0 saturated heterocycles. The molecule has 2 aromatic carbocycles. The van der Waals surface area contributed by atoms with Gasteiger partial charge in [0.05, 0.1) is 17.4 Å². The van der Waals surface area contributed by atoms with E-state index in [0.29, 0.717) is 12.3 Å². The Labute approximate surface area is 142 Å². The van der Waals surface area contributed by atoms with Crippen molar-refractivity contribution in [3.8, 4) is 16.9 Å². The molecule has 2 heterocycles. The summed E-state index contributed by atoms with van der Waals surface area (Å²) in [5, 5.41) is 10.9. The minimum Gasteiger partial charge on any atom is -0.488 e. The summed E-state index contributed by atoms with van der Waals surface area (Å²) in [4.78, 5) is 0. The number of fused-ring (bicyclic) bond motifs is 1. The summed E-state index contributed by atoms with van der Waals surface area (Å²) in [5.74, 6) is 0.788. The third kappa shape index (κ3) is 2.79. The highest BCUT2D eigenvalue weighted by Crippen LogP contribution is 2.32. The topological polar surface area (TPSA) is 73.9 Å². The van der Waals surface area contributed by atoms with E-state index in [2.05, 4.69) is 20.6 Å². The van der Waals surface area contributed by atoms with Crippen LogP contribution in [0, 0.1) is 6.07 Å². The number of nitrogens with two attached hydrogens (primary N) is 1. The van der Waals surface area contributed by atoms with Gasteiger partial charge in [-0.3, -0.25) is 0 Å². The zero-order chi connectivity index (χ0) is 16.4. The number of nitrogen functional groups attached to an aromatic ring is 1. The summed E-state index contributed by atoms with van der Waals surface area (Å²) in [6, 6.07) is 14.7. The van der Waals surface area contributed by atoms with Crippen LogP contribution in [0.1, 0.15) is 5.56 Å². The number of rotatable bonds is 4. The first kappa shape index (κ1) is 14.6. The highest BCUT2D eigenvalue weighted by molar-refractivity contribution is 7.03. The summed E-state index contributed by atoms with van der Waals surface area (Å²) in [6.07, 6.45) is 3.37. The van der Waals surface area contributed by atoms with Crippen LogP contribution in [-0.2, 0) is 6.61 Å². The van der Waals surface area contributed by atoms with Crippen LogP contribution in [0.25, 0.3) is 22.0 Å². The number of ether oxygens (including phenoxy) is 1. The van der Waals surface area contributed by atoms with E-state index >= 15 is 0 Å². The third-order valence-corrected chi connectivity index (χ3v) is 4.32. The first-order valence-electron chi connectivity index (χ1n) is 7.34. The molecule has 4 aromatic rings. The van der Waals surface area contributed by atoms with Gasteiger partial charge in [0.25, 0.3) is 0 Å². The average molecular weight is 333 g/mol. The maximum atomic E-state index is 5.96. The van der Waals surface area contributed by atoms with Crippen LogP contribution in [-0.4, -0.2) is 14.6 Å². The molecule has 2 N–H and O–H groups in total. The third-order valence-electron chi connectivity index (χ3n) is 3.68. The molecule has 0 aliphatic rings. The Balaban J connectivity index is 1.71. The summed E-state index contributed by atoms with van der Waals surface area (Å²) < 4.78 is 10.0. The Morgan fingerprint density at radius 2 is 2.17 bits per heavy atom. The number of benzene rings is 2. The molecule has 0 amide bonds. The Morgan fingerprint density at radius 1 is 1.21 bits per heavy atom. The van der Waals surface area contributed by atoms with Gasteiger partial charge in [-0.25, -0.2) is 4.37 Å². The van der Waals surface area contributed by atoms with E-state index in [4.69, 9.17) is 10.5 Å². The fraction of sp³-hybridized carbons (Fsp3) is 0.0556. The second-order valence-electron chi connectivity index (χ2n) is 5.28. The van der Waals surface area contributed by atoms with Crippen LogP contribution in [0.4, 0.5) is 5.69 Å². The second-order valence-corrected chi connectivity index (χ2v) is 5.93. The van der Waals surface area contributed by atoms with Crippen LogP contribution in [0.5, 0.6) is 5.75 Å². The molecule has 1 radical (unpaired) electrons. The SMILES string of the molecule is Nc1cnnc2cc(-c3c[c]ccc3OCc3cnsc3)ccc12. The van der Waals surface area contributed by atoms with Gasteiger partial charge >= 0.3 is 0 Å². The molecule has 0 aliphatic heterocycles. The molecule has 0 bridgehead atoms. The van der Waals surface area contributed by atoms with Crippen LogP contribution >= 0.6 is 11.5 Å². The van der Waals surface area contributed by atoms with Gasteiger partial charge in [-0.15, -0.1) is 0 Å². The summed E-state index contributed by atoms with van der Waals surface area (Å²) in [6.45, 7) is 0.480. The molecule has 4 rings (SSSR count). The fourth-order valence-electron chi connectivity index (χ4n) is 2.48. The number of hydrogen-bond acceptors (Lipinski definition) is 6. The molecule has 2 aromatic heterocycles. The molecular formula is C18H13N4OS. The summed E-state index contributed by atoms with van der Waals surface area (Å²) >= 11 is 1.41. The van der Waals surface area contributed by atoms with Crippen LogP contribution in [0.2, 0.25) is 0 Å². The van der Waals surface area contributed by atoms with Crippen molar-refractivity contribution >= 4 is 28.1 Å². The lowest BCUT2D eigenvalue weighted by Crippen LogP contribution is -1.96.